The van der Waals surface area contributed by atoms with Crippen LogP contribution in [0, 0.1) is 11.8 Å². The van der Waals surface area contributed by atoms with Crippen molar-refractivity contribution in [3.8, 4) is 22.3 Å². The predicted octanol–water partition coefficient (Wildman–Crippen LogP) is 12.9. The van der Waals surface area contributed by atoms with E-state index in [2.05, 4.69) is 184 Å². The molecule has 0 fully saturated rings. The molecule has 2 heteroatoms. The van der Waals surface area contributed by atoms with Crippen molar-refractivity contribution in [2.75, 3.05) is 4.90 Å². The number of hydrogen-bond acceptors (Lipinski definition) is 2. The van der Waals surface area contributed by atoms with Gasteiger partial charge in [0, 0.05) is 38.3 Å². The lowest BCUT2D eigenvalue weighted by Gasteiger charge is -2.60. The molecule has 1 nitrogen and oxygen atoms in total. The van der Waals surface area contributed by atoms with Crippen LogP contribution in [0.3, 0.4) is 0 Å². The molecule has 2 aliphatic heterocycles. The van der Waals surface area contributed by atoms with Crippen LogP contribution in [-0.4, -0.2) is 5.54 Å². The zero-order valence-corrected chi connectivity index (χ0v) is 31.3. The van der Waals surface area contributed by atoms with E-state index in [1.807, 2.05) is 11.8 Å². The van der Waals surface area contributed by atoms with Crippen molar-refractivity contribution in [3.05, 3.63) is 201 Å². The molecule has 2 heterocycles. The van der Waals surface area contributed by atoms with Gasteiger partial charge < -0.3 is 4.90 Å². The second-order valence-electron chi connectivity index (χ2n) is 16.3. The zero-order chi connectivity index (χ0) is 35.4. The molecule has 6 aliphatic rings. The Labute approximate surface area is 316 Å². The number of allylic oxidation sites excluding steroid dienone is 4. The zero-order valence-electron chi connectivity index (χ0n) is 30.4. The largest absolute Gasteiger partial charge is 0.326 e. The van der Waals surface area contributed by atoms with Crippen molar-refractivity contribution in [2.24, 2.45) is 11.8 Å². The molecule has 0 amide bonds. The molecule has 0 radical (unpaired) electrons. The summed E-state index contributed by atoms with van der Waals surface area (Å²) in [7, 11) is 0. The van der Waals surface area contributed by atoms with E-state index in [-0.39, 0.29) is 28.2 Å². The quantitative estimate of drug-likeness (QED) is 0.166. The molecular formula is C51H39NS. The third-order valence-corrected chi connectivity index (χ3v) is 15.2. The first-order valence-electron chi connectivity index (χ1n) is 19.2. The van der Waals surface area contributed by atoms with Crippen molar-refractivity contribution < 1.29 is 0 Å². The Morgan fingerprint density at radius 1 is 0.547 bits per heavy atom. The molecule has 5 atom stereocenters. The summed E-state index contributed by atoms with van der Waals surface area (Å²) in [4.78, 5) is 5.55. The predicted molar refractivity (Wildman–Crippen MR) is 221 cm³/mol. The fraction of sp³-hybridized carbons (Fsp3) is 0.176. The lowest BCUT2D eigenvalue weighted by molar-refractivity contribution is 0.452. The van der Waals surface area contributed by atoms with Crippen LogP contribution in [0.15, 0.2) is 178 Å². The smallest absolute Gasteiger partial charge is 0.0955 e. The van der Waals surface area contributed by atoms with Gasteiger partial charge in [-0.2, -0.15) is 0 Å². The summed E-state index contributed by atoms with van der Waals surface area (Å²) in [5.41, 5.74) is 20.3. The molecule has 254 valence electrons. The number of nitrogens with zero attached hydrogens (tertiary/aromatic N) is 1. The Morgan fingerprint density at radius 3 is 1.98 bits per heavy atom. The van der Waals surface area contributed by atoms with Gasteiger partial charge in [-0.25, -0.2) is 0 Å². The van der Waals surface area contributed by atoms with Gasteiger partial charge in [0.25, 0.3) is 0 Å². The summed E-state index contributed by atoms with van der Waals surface area (Å²) in [5, 5.41) is 0. The number of thioether (sulfide) groups is 1. The first kappa shape index (κ1) is 30.2. The van der Waals surface area contributed by atoms with E-state index in [4.69, 9.17) is 0 Å². The number of rotatable bonds is 2. The van der Waals surface area contributed by atoms with E-state index in [1.54, 1.807) is 22.3 Å². The summed E-state index contributed by atoms with van der Waals surface area (Å²) >= 11 is 2.00. The minimum atomic E-state index is -0.382. The third kappa shape index (κ3) is 3.36. The highest BCUT2D eigenvalue weighted by Gasteiger charge is 2.65. The van der Waals surface area contributed by atoms with Gasteiger partial charge in [-0.1, -0.05) is 159 Å². The minimum Gasteiger partial charge on any atom is -0.326 e. The summed E-state index contributed by atoms with van der Waals surface area (Å²) in [6.07, 6.45) is 2.68. The fourth-order valence-electron chi connectivity index (χ4n) is 12.1. The van der Waals surface area contributed by atoms with Crippen LogP contribution in [0.4, 0.5) is 11.4 Å². The summed E-state index contributed by atoms with van der Waals surface area (Å²) in [5.74, 6) is 0.438. The molecule has 0 saturated carbocycles. The Bertz CT molecular complexity index is 2720. The second kappa shape index (κ2) is 10.0. The first-order chi connectivity index (χ1) is 25.9. The van der Waals surface area contributed by atoms with Crippen LogP contribution >= 0.6 is 11.8 Å². The van der Waals surface area contributed by atoms with E-state index in [0.717, 1.165) is 0 Å². The van der Waals surface area contributed by atoms with Gasteiger partial charge in [0.05, 0.1) is 16.6 Å². The van der Waals surface area contributed by atoms with Crippen LogP contribution in [0.2, 0.25) is 0 Å². The Morgan fingerprint density at radius 2 is 1.21 bits per heavy atom. The topological polar surface area (TPSA) is 3.24 Å². The molecule has 5 unspecified atom stereocenters. The molecule has 0 N–H and O–H groups in total. The molecule has 12 rings (SSSR count). The average molecular weight is 698 g/mol. The van der Waals surface area contributed by atoms with Gasteiger partial charge in [-0.05, 0) is 98.8 Å². The highest BCUT2D eigenvalue weighted by atomic mass is 32.2. The summed E-state index contributed by atoms with van der Waals surface area (Å²) in [6, 6.07) is 55.4. The van der Waals surface area contributed by atoms with Crippen LogP contribution in [0.25, 0.3) is 27.8 Å². The monoisotopic (exact) mass is 697 g/mol. The summed E-state index contributed by atoms with van der Waals surface area (Å²) in [6.45, 7) is 10.2. The van der Waals surface area contributed by atoms with Gasteiger partial charge in [0.1, 0.15) is 0 Å². The molecule has 0 saturated heterocycles. The molecule has 6 aromatic carbocycles. The molecule has 53 heavy (non-hydrogen) atoms. The lowest BCUT2D eigenvalue weighted by Crippen LogP contribution is -2.57. The van der Waals surface area contributed by atoms with Gasteiger partial charge in [-0.15, -0.1) is 0 Å². The van der Waals surface area contributed by atoms with Gasteiger partial charge in [0.15, 0.2) is 0 Å². The standard InChI is InChI=1S/C51H39NS/c1-30-44-37-21-12-14-24-39(37)51-38-23-13-11-20-35(38)36-22-15-25-41(48(36)51)52-40-27-26-33(32-16-7-5-8-17-32)28-42(40)53-43-29-49(3,34-18-9-6-10-19-34)46(30)47(50(43,52)4)31(2)45(44)51/h5-31H,1-4H3. The van der Waals surface area contributed by atoms with Crippen molar-refractivity contribution in [1.29, 1.82) is 0 Å². The van der Waals surface area contributed by atoms with Crippen molar-refractivity contribution in [2.45, 2.75) is 49.0 Å². The second-order valence-corrected chi connectivity index (χ2v) is 17.4. The van der Waals surface area contributed by atoms with Gasteiger partial charge in [0.2, 0.25) is 0 Å². The molecule has 6 aromatic rings. The number of anilines is 2. The molecule has 0 aromatic heterocycles. The highest BCUT2D eigenvalue weighted by molar-refractivity contribution is 8.03. The molecule has 4 aliphatic carbocycles. The van der Waals surface area contributed by atoms with Crippen molar-refractivity contribution in [1.82, 2.24) is 0 Å². The molecular weight excluding hydrogens is 659 g/mol. The SMILES string of the molecule is CC1C2=C3C(C)C4=C1C(C)(c1ccccc1)C=C1Sc5cc(-c6ccccc6)ccc5N(c5cccc6c5C3(c3ccccc32)c2ccccc2-6)C14C. The maximum atomic E-state index is 2.80. The van der Waals surface area contributed by atoms with Crippen molar-refractivity contribution >= 4 is 28.7 Å². The highest BCUT2D eigenvalue weighted by Crippen LogP contribution is 2.74. The maximum Gasteiger partial charge on any atom is 0.0955 e. The van der Waals surface area contributed by atoms with Crippen molar-refractivity contribution in [3.63, 3.8) is 0 Å². The minimum absolute atomic E-state index is 0.209. The number of hydrogen-bond donors (Lipinski definition) is 0. The molecule has 2 bridgehead atoms. The number of fused-ring (bicyclic) bond motifs is 7. The Balaban J connectivity index is 1.28. The van der Waals surface area contributed by atoms with E-state index < -0.39 is 0 Å². The Hall–Kier alpha value is -5.31. The maximum absolute atomic E-state index is 2.80. The first-order valence-corrected chi connectivity index (χ1v) is 20.0. The van der Waals surface area contributed by atoms with Crippen LogP contribution in [-0.2, 0) is 10.8 Å². The van der Waals surface area contributed by atoms with Crippen LogP contribution in [0.5, 0.6) is 0 Å². The van der Waals surface area contributed by atoms with Gasteiger partial charge >= 0.3 is 0 Å². The third-order valence-electron chi connectivity index (χ3n) is 13.9. The van der Waals surface area contributed by atoms with Gasteiger partial charge in [-0.3, -0.25) is 0 Å². The number of benzene rings is 6. The van der Waals surface area contributed by atoms with E-state index in [0.29, 0.717) is 0 Å². The normalized spacial score (nSPS) is 27.7. The van der Waals surface area contributed by atoms with E-state index in [9.17, 15) is 0 Å². The van der Waals surface area contributed by atoms with Crippen LogP contribution < -0.4 is 4.90 Å². The van der Waals surface area contributed by atoms with E-state index in [1.165, 1.54) is 71.2 Å². The summed E-state index contributed by atoms with van der Waals surface area (Å²) < 4.78 is 0. The average Bonchev–Trinajstić information content (AvgIpc) is 3.67. The van der Waals surface area contributed by atoms with E-state index >= 15 is 0 Å². The molecule has 1 spiro atoms. The van der Waals surface area contributed by atoms with Crippen LogP contribution in [0.1, 0.15) is 55.5 Å². The lowest BCUT2D eigenvalue weighted by atomic mass is 9.52. The fourth-order valence-corrected chi connectivity index (χ4v) is 13.5. The Kier molecular flexibility index (Phi) is 5.70.